The van der Waals surface area contributed by atoms with Crippen LogP contribution in [0.5, 0.6) is 5.75 Å². The molecule has 1 aromatic carbocycles. The zero-order valence-electron chi connectivity index (χ0n) is 16.2. The Hall–Kier alpha value is -2.80. The van der Waals surface area contributed by atoms with Gasteiger partial charge in [-0.3, -0.25) is 0 Å². The van der Waals surface area contributed by atoms with E-state index in [1.54, 1.807) is 23.7 Å². The third-order valence-corrected chi connectivity index (χ3v) is 6.54. The van der Waals surface area contributed by atoms with Gasteiger partial charge in [0.15, 0.2) is 11.6 Å². The number of aryl methyl sites for hydroxylation is 2. The summed E-state index contributed by atoms with van der Waals surface area (Å²) in [5, 5.41) is 4.51. The van der Waals surface area contributed by atoms with Crippen LogP contribution >= 0.6 is 11.3 Å². The Morgan fingerprint density at radius 1 is 1.17 bits per heavy atom. The molecule has 4 aromatic rings. The van der Waals surface area contributed by atoms with Crippen LogP contribution < -0.4 is 10.1 Å². The smallest absolute Gasteiger partial charge is 0.165 e. The van der Waals surface area contributed by atoms with E-state index in [0.29, 0.717) is 13.0 Å². The topological polar surface area (TPSA) is 59.9 Å². The molecule has 1 aliphatic carbocycles. The summed E-state index contributed by atoms with van der Waals surface area (Å²) in [7, 11) is 1.47. The van der Waals surface area contributed by atoms with E-state index in [9.17, 15) is 4.39 Å². The molecule has 29 heavy (non-hydrogen) atoms. The molecule has 0 radical (unpaired) electrons. The Morgan fingerprint density at radius 3 is 2.93 bits per heavy atom. The van der Waals surface area contributed by atoms with Crippen LogP contribution in [0.25, 0.3) is 20.4 Å². The lowest BCUT2D eigenvalue weighted by atomic mass is 9.95. The summed E-state index contributed by atoms with van der Waals surface area (Å²) >= 11 is 1.64. The van der Waals surface area contributed by atoms with E-state index in [1.807, 2.05) is 6.07 Å². The van der Waals surface area contributed by atoms with E-state index in [-0.39, 0.29) is 11.6 Å². The maximum Gasteiger partial charge on any atom is 0.165 e. The number of halogens is 1. The SMILES string of the molecule is COc1ccc(CCNc2ncnc3c2sc2nc4c(cc23)CCCC4)cc1F. The second kappa shape index (κ2) is 7.55. The fourth-order valence-electron chi connectivity index (χ4n) is 3.94. The lowest BCUT2D eigenvalue weighted by Gasteiger charge is -2.13. The molecule has 0 unspecified atom stereocenters. The van der Waals surface area contributed by atoms with Crippen LogP contribution in [0.15, 0.2) is 30.6 Å². The minimum absolute atomic E-state index is 0.264. The first-order valence-corrected chi connectivity index (χ1v) is 10.7. The van der Waals surface area contributed by atoms with Crippen LogP contribution in [0.2, 0.25) is 0 Å². The molecule has 1 N–H and O–H groups in total. The average molecular weight is 409 g/mol. The van der Waals surface area contributed by atoms with Gasteiger partial charge >= 0.3 is 0 Å². The number of pyridine rings is 1. The minimum Gasteiger partial charge on any atom is -0.494 e. The van der Waals surface area contributed by atoms with Gasteiger partial charge in [0.2, 0.25) is 0 Å². The molecule has 0 bridgehead atoms. The van der Waals surface area contributed by atoms with Crippen molar-refractivity contribution in [1.82, 2.24) is 15.0 Å². The molecule has 0 atom stereocenters. The van der Waals surface area contributed by atoms with Gasteiger partial charge in [0, 0.05) is 17.6 Å². The summed E-state index contributed by atoms with van der Waals surface area (Å²) in [5.41, 5.74) is 4.46. The van der Waals surface area contributed by atoms with Crippen LogP contribution in [0.3, 0.4) is 0 Å². The summed E-state index contributed by atoms with van der Waals surface area (Å²) in [6.45, 7) is 0.649. The van der Waals surface area contributed by atoms with Crippen molar-refractivity contribution in [2.24, 2.45) is 0 Å². The first-order chi connectivity index (χ1) is 14.2. The molecule has 3 heterocycles. The Kier molecular flexibility index (Phi) is 4.75. The quantitative estimate of drug-likeness (QED) is 0.508. The van der Waals surface area contributed by atoms with Gasteiger partial charge in [0.25, 0.3) is 0 Å². The number of hydrogen-bond donors (Lipinski definition) is 1. The molecule has 3 aromatic heterocycles. The van der Waals surface area contributed by atoms with Crippen molar-refractivity contribution in [3.8, 4) is 5.75 Å². The van der Waals surface area contributed by atoms with Gasteiger partial charge in [-0.05, 0) is 61.4 Å². The van der Waals surface area contributed by atoms with Crippen molar-refractivity contribution in [3.63, 3.8) is 0 Å². The van der Waals surface area contributed by atoms with Gasteiger partial charge in [-0.25, -0.2) is 19.3 Å². The molecule has 1 aliphatic rings. The fourth-order valence-corrected chi connectivity index (χ4v) is 5.03. The second-order valence-electron chi connectivity index (χ2n) is 7.30. The van der Waals surface area contributed by atoms with Gasteiger partial charge in [-0.15, -0.1) is 11.3 Å². The van der Waals surface area contributed by atoms with E-state index in [0.717, 1.165) is 44.7 Å². The summed E-state index contributed by atoms with van der Waals surface area (Å²) in [6, 6.07) is 7.33. The van der Waals surface area contributed by atoms with Crippen molar-refractivity contribution in [1.29, 1.82) is 0 Å². The fraction of sp³-hybridized carbons (Fsp3) is 0.318. The monoisotopic (exact) mass is 408 g/mol. The maximum atomic E-state index is 13.9. The van der Waals surface area contributed by atoms with E-state index in [2.05, 4.69) is 21.4 Å². The molecule has 0 amide bonds. The molecule has 0 saturated carbocycles. The van der Waals surface area contributed by atoms with E-state index in [4.69, 9.17) is 9.72 Å². The third kappa shape index (κ3) is 3.40. The Balaban J connectivity index is 1.40. The maximum absolute atomic E-state index is 13.9. The summed E-state index contributed by atoms with van der Waals surface area (Å²) < 4.78 is 19.9. The highest BCUT2D eigenvalue weighted by Gasteiger charge is 2.17. The molecule has 148 valence electrons. The van der Waals surface area contributed by atoms with Crippen molar-refractivity contribution in [2.45, 2.75) is 32.1 Å². The number of methoxy groups -OCH3 is 1. The largest absolute Gasteiger partial charge is 0.494 e. The number of rotatable bonds is 5. The predicted octanol–water partition coefficient (Wildman–Crippen LogP) is 4.92. The second-order valence-corrected chi connectivity index (χ2v) is 8.30. The molecule has 0 saturated heterocycles. The Bertz CT molecular complexity index is 1210. The Morgan fingerprint density at radius 2 is 2.07 bits per heavy atom. The summed E-state index contributed by atoms with van der Waals surface area (Å²) in [5.74, 6) is 0.735. The summed E-state index contributed by atoms with van der Waals surface area (Å²) in [4.78, 5) is 14.9. The number of fused-ring (bicyclic) bond motifs is 4. The molecule has 0 aliphatic heterocycles. The van der Waals surface area contributed by atoms with E-state index < -0.39 is 0 Å². The minimum atomic E-state index is -0.339. The first-order valence-electron chi connectivity index (χ1n) is 9.85. The normalized spacial score (nSPS) is 13.6. The van der Waals surface area contributed by atoms with Crippen LogP contribution in [0.4, 0.5) is 10.2 Å². The number of thiophene rings is 1. The molecule has 0 fully saturated rings. The van der Waals surface area contributed by atoms with Gasteiger partial charge in [0.1, 0.15) is 17.0 Å². The van der Waals surface area contributed by atoms with Crippen molar-refractivity contribution in [2.75, 3.05) is 19.0 Å². The number of ether oxygens (including phenoxy) is 1. The van der Waals surface area contributed by atoms with Crippen LogP contribution in [-0.4, -0.2) is 28.6 Å². The van der Waals surface area contributed by atoms with Crippen LogP contribution in [0, 0.1) is 5.82 Å². The number of benzene rings is 1. The first kappa shape index (κ1) is 18.2. The van der Waals surface area contributed by atoms with Gasteiger partial charge < -0.3 is 10.1 Å². The standard InChI is InChI=1S/C22H21FN4OS/c1-28-18-7-6-13(10-16(18)23)8-9-24-21-20-19(25-12-26-21)15-11-14-4-2-3-5-17(14)27-22(15)29-20/h6-7,10-12H,2-5,8-9H2,1H3,(H,24,25,26). The van der Waals surface area contributed by atoms with Gasteiger partial charge in [0.05, 0.1) is 17.3 Å². The average Bonchev–Trinajstić information content (AvgIpc) is 3.10. The number of anilines is 1. The molecule has 0 spiro atoms. The lowest BCUT2D eigenvalue weighted by molar-refractivity contribution is 0.386. The summed E-state index contributed by atoms with van der Waals surface area (Å²) in [6.07, 6.45) is 6.90. The molecular formula is C22H21FN4OS. The number of nitrogens with one attached hydrogen (secondary N) is 1. The highest BCUT2D eigenvalue weighted by molar-refractivity contribution is 7.25. The van der Waals surface area contributed by atoms with Crippen molar-refractivity contribution < 1.29 is 9.13 Å². The Labute approximate surface area is 172 Å². The lowest BCUT2D eigenvalue weighted by Crippen LogP contribution is -2.07. The highest BCUT2D eigenvalue weighted by Crippen LogP contribution is 2.37. The number of hydrogen-bond acceptors (Lipinski definition) is 6. The van der Waals surface area contributed by atoms with Crippen molar-refractivity contribution in [3.05, 3.63) is 53.2 Å². The molecule has 5 rings (SSSR count). The number of aromatic nitrogens is 3. The van der Waals surface area contributed by atoms with E-state index in [1.165, 1.54) is 37.3 Å². The zero-order valence-corrected chi connectivity index (χ0v) is 17.0. The van der Waals surface area contributed by atoms with Crippen molar-refractivity contribution >= 4 is 37.6 Å². The molecule has 7 heteroatoms. The van der Waals surface area contributed by atoms with E-state index >= 15 is 0 Å². The van der Waals surface area contributed by atoms with Gasteiger partial charge in [-0.1, -0.05) is 6.07 Å². The highest BCUT2D eigenvalue weighted by atomic mass is 32.1. The number of nitrogens with zero attached hydrogens (tertiary/aromatic N) is 3. The molecular weight excluding hydrogens is 387 g/mol. The molecule has 5 nitrogen and oxygen atoms in total. The van der Waals surface area contributed by atoms with Crippen LogP contribution in [0.1, 0.15) is 29.7 Å². The predicted molar refractivity (Wildman–Crippen MR) is 115 cm³/mol. The third-order valence-electron chi connectivity index (χ3n) is 5.45. The zero-order chi connectivity index (χ0) is 19.8. The van der Waals surface area contributed by atoms with Crippen LogP contribution in [-0.2, 0) is 19.3 Å². The van der Waals surface area contributed by atoms with Gasteiger partial charge in [-0.2, -0.15) is 0 Å².